The number of carbonyl (C=O) groups is 2. The molecule has 0 saturated heterocycles. The fraction of sp³-hybridized carbons (Fsp3) is 0.300. The Bertz CT molecular complexity index is 1100. The molecule has 0 aliphatic heterocycles. The van der Waals surface area contributed by atoms with Crippen LogP contribution in [-0.2, 0) is 11.3 Å². The maximum Gasteiger partial charge on any atom is 0.262 e. The number of nitrogens with one attached hydrogen (secondary N) is 1. The van der Waals surface area contributed by atoms with Gasteiger partial charge in [-0.3, -0.25) is 19.0 Å². The molecule has 0 atom stereocenters. The molecule has 3 rings (SSSR count). The van der Waals surface area contributed by atoms with Gasteiger partial charge in [0, 0.05) is 31.7 Å². The lowest BCUT2D eigenvalue weighted by molar-refractivity contribution is -0.116. The second-order valence-corrected chi connectivity index (χ2v) is 7.65. The predicted octanol–water partition coefficient (Wildman–Crippen LogP) is 3.62. The monoisotopic (exact) mass is 432 g/mol. The number of nitrogens with zero attached hydrogens (tertiary/aromatic N) is 3. The van der Waals surface area contributed by atoms with Gasteiger partial charge < -0.3 is 10.2 Å². The Morgan fingerprint density at radius 3 is 2.69 bits per heavy atom. The van der Waals surface area contributed by atoms with Gasteiger partial charge in [0.25, 0.3) is 11.5 Å². The Labute approximate surface area is 176 Å². The molecule has 9 heteroatoms. The van der Waals surface area contributed by atoms with Gasteiger partial charge in [-0.25, -0.2) is 4.98 Å². The molecule has 2 amide bonds. The highest BCUT2D eigenvalue weighted by Gasteiger charge is 2.16. The Morgan fingerprint density at radius 1 is 1.24 bits per heavy atom. The zero-order valence-corrected chi connectivity index (χ0v) is 17.7. The van der Waals surface area contributed by atoms with E-state index in [0.717, 1.165) is 0 Å². The molecule has 0 unspecified atom stereocenters. The van der Waals surface area contributed by atoms with Crippen molar-refractivity contribution < 1.29 is 9.59 Å². The molecule has 0 radical (unpaired) electrons. The topological polar surface area (TPSA) is 84.3 Å². The zero-order chi connectivity index (χ0) is 21.0. The van der Waals surface area contributed by atoms with Crippen LogP contribution >= 0.6 is 22.9 Å². The van der Waals surface area contributed by atoms with Gasteiger partial charge >= 0.3 is 0 Å². The summed E-state index contributed by atoms with van der Waals surface area (Å²) in [7, 11) is 0. The Hall–Kier alpha value is -2.71. The van der Waals surface area contributed by atoms with Gasteiger partial charge in [-0.15, -0.1) is 11.3 Å². The fourth-order valence-electron chi connectivity index (χ4n) is 2.95. The molecule has 0 aliphatic carbocycles. The van der Waals surface area contributed by atoms with E-state index in [1.165, 1.54) is 22.2 Å². The van der Waals surface area contributed by atoms with Crippen LogP contribution in [0.5, 0.6) is 0 Å². The van der Waals surface area contributed by atoms with Crippen molar-refractivity contribution in [1.82, 2.24) is 14.5 Å². The normalized spacial score (nSPS) is 10.9. The average Bonchev–Trinajstić information content (AvgIpc) is 3.18. The Morgan fingerprint density at radius 2 is 2.00 bits per heavy atom. The summed E-state index contributed by atoms with van der Waals surface area (Å²) >= 11 is 7.65. The van der Waals surface area contributed by atoms with Gasteiger partial charge in [0.2, 0.25) is 5.91 Å². The smallest absolute Gasteiger partial charge is 0.262 e. The molecule has 0 spiro atoms. The van der Waals surface area contributed by atoms with Crippen LogP contribution < -0.4 is 10.9 Å². The molecular weight excluding hydrogens is 412 g/mol. The zero-order valence-electron chi connectivity index (χ0n) is 16.1. The molecule has 1 N–H and O–H groups in total. The van der Waals surface area contributed by atoms with E-state index in [4.69, 9.17) is 11.6 Å². The summed E-state index contributed by atoms with van der Waals surface area (Å²) in [6.07, 6.45) is 1.56. The summed E-state index contributed by atoms with van der Waals surface area (Å²) in [6.45, 7) is 5.21. The van der Waals surface area contributed by atoms with E-state index in [0.29, 0.717) is 34.6 Å². The van der Waals surface area contributed by atoms with E-state index in [-0.39, 0.29) is 35.4 Å². The lowest BCUT2D eigenvalue weighted by Gasteiger charge is -2.19. The van der Waals surface area contributed by atoms with Crippen molar-refractivity contribution in [3.63, 3.8) is 0 Å². The number of carbonyl (C=O) groups excluding carboxylic acids is 2. The van der Waals surface area contributed by atoms with Crippen molar-refractivity contribution in [2.24, 2.45) is 0 Å². The van der Waals surface area contributed by atoms with Gasteiger partial charge in [0.1, 0.15) is 4.83 Å². The van der Waals surface area contributed by atoms with Crippen molar-refractivity contribution in [2.45, 2.75) is 26.8 Å². The number of rotatable bonds is 7. The van der Waals surface area contributed by atoms with Crippen LogP contribution in [0.25, 0.3) is 10.2 Å². The van der Waals surface area contributed by atoms with Crippen molar-refractivity contribution in [3.8, 4) is 0 Å². The Kier molecular flexibility index (Phi) is 6.66. The highest BCUT2D eigenvalue weighted by atomic mass is 35.5. The van der Waals surface area contributed by atoms with E-state index in [9.17, 15) is 14.4 Å². The molecule has 0 fully saturated rings. The minimum absolute atomic E-state index is 0.106. The maximum absolute atomic E-state index is 12.4. The van der Waals surface area contributed by atoms with E-state index in [2.05, 4.69) is 10.3 Å². The third-order valence-electron chi connectivity index (χ3n) is 4.56. The largest absolute Gasteiger partial charge is 0.339 e. The van der Waals surface area contributed by atoms with E-state index >= 15 is 0 Å². The van der Waals surface area contributed by atoms with Crippen molar-refractivity contribution in [3.05, 3.63) is 56.9 Å². The van der Waals surface area contributed by atoms with Crippen LogP contribution in [-0.4, -0.2) is 39.4 Å². The average molecular weight is 433 g/mol. The minimum Gasteiger partial charge on any atom is -0.339 e. The summed E-state index contributed by atoms with van der Waals surface area (Å²) in [6, 6.07) is 6.54. The molecular formula is C20H21ClN4O3S. The first-order chi connectivity index (χ1) is 13.9. The quantitative estimate of drug-likeness (QED) is 0.618. The number of amides is 2. The van der Waals surface area contributed by atoms with Crippen LogP contribution in [0.4, 0.5) is 5.69 Å². The number of benzene rings is 1. The highest BCUT2D eigenvalue weighted by Crippen LogP contribution is 2.22. The number of hydrogen-bond donors (Lipinski definition) is 1. The predicted molar refractivity (Wildman–Crippen MR) is 116 cm³/mol. The molecule has 1 aromatic carbocycles. The molecule has 152 valence electrons. The summed E-state index contributed by atoms with van der Waals surface area (Å²) in [5.41, 5.74) is 0.733. The third-order valence-corrected chi connectivity index (χ3v) is 5.70. The van der Waals surface area contributed by atoms with Crippen molar-refractivity contribution >= 4 is 50.7 Å². The summed E-state index contributed by atoms with van der Waals surface area (Å²) in [5.74, 6) is -0.408. The van der Waals surface area contributed by atoms with Crippen LogP contribution in [0.2, 0.25) is 5.02 Å². The lowest BCUT2D eigenvalue weighted by atomic mass is 10.1. The number of halogens is 1. The van der Waals surface area contributed by atoms with Crippen LogP contribution in [0.15, 0.2) is 40.8 Å². The first kappa shape index (κ1) is 21.0. The first-order valence-electron chi connectivity index (χ1n) is 9.25. The fourth-order valence-corrected chi connectivity index (χ4v) is 3.93. The van der Waals surface area contributed by atoms with Gasteiger partial charge in [-0.2, -0.15) is 0 Å². The molecule has 29 heavy (non-hydrogen) atoms. The summed E-state index contributed by atoms with van der Waals surface area (Å²) in [4.78, 5) is 43.7. The molecule has 0 aliphatic rings. The van der Waals surface area contributed by atoms with Gasteiger partial charge in [-0.1, -0.05) is 11.6 Å². The minimum atomic E-state index is -0.263. The van der Waals surface area contributed by atoms with Crippen molar-refractivity contribution in [2.75, 3.05) is 18.4 Å². The van der Waals surface area contributed by atoms with Crippen molar-refractivity contribution in [1.29, 1.82) is 0 Å². The summed E-state index contributed by atoms with van der Waals surface area (Å²) < 4.78 is 1.42. The van der Waals surface area contributed by atoms with Crippen LogP contribution in [0.1, 0.15) is 30.6 Å². The number of anilines is 1. The lowest BCUT2D eigenvalue weighted by Crippen LogP contribution is -2.30. The summed E-state index contributed by atoms with van der Waals surface area (Å²) in [5, 5.41) is 5.39. The SMILES string of the molecule is CCN(CC)C(=O)c1ccc(NC(=O)CCn2cnc3sccc3c2=O)cc1Cl. The number of hydrogen-bond acceptors (Lipinski definition) is 5. The highest BCUT2D eigenvalue weighted by molar-refractivity contribution is 7.16. The number of aromatic nitrogens is 2. The van der Waals surface area contributed by atoms with Crippen LogP contribution in [0.3, 0.4) is 0 Å². The molecule has 2 aromatic heterocycles. The second-order valence-electron chi connectivity index (χ2n) is 6.35. The van der Waals surface area contributed by atoms with E-state index < -0.39 is 0 Å². The maximum atomic E-state index is 12.4. The van der Waals surface area contributed by atoms with E-state index in [1.807, 2.05) is 19.2 Å². The number of thiophene rings is 1. The molecule has 0 bridgehead atoms. The Balaban J connectivity index is 1.64. The third kappa shape index (κ3) is 4.65. The van der Waals surface area contributed by atoms with Gasteiger partial charge in [0.05, 0.1) is 22.3 Å². The second kappa shape index (κ2) is 9.19. The number of fused-ring (bicyclic) bond motifs is 1. The molecule has 0 saturated carbocycles. The number of aryl methyl sites for hydroxylation is 1. The molecule has 2 heterocycles. The standard InChI is InChI=1S/C20H21ClN4O3S/c1-3-24(4-2)19(27)14-6-5-13(11-16(14)21)23-17(26)7-9-25-12-22-18-15(20(25)28)8-10-29-18/h5-6,8,10-12H,3-4,7,9H2,1-2H3,(H,23,26). The molecule has 7 nitrogen and oxygen atoms in total. The van der Waals surface area contributed by atoms with E-state index in [1.54, 1.807) is 29.2 Å². The van der Waals surface area contributed by atoms with Crippen LogP contribution in [0, 0.1) is 0 Å². The first-order valence-corrected chi connectivity index (χ1v) is 10.5. The molecule has 3 aromatic rings. The van der Waals surface area contributed by atoms with Gasteiger partial charge in [0.15, 0.2) is 0 Å². The van der Waals surface area contributed by atoms with Gasteiger partial charge in [-0.05, 0) is 43.5 Å².